The van der Waals surface area contributed by atoms with Gasteiger partial charge in [-0.2, -0.15) is 0 Å². The lowest BCUT2D eigenvalue weighted by Crippen LogP contribution is -2.40. The van der Waals surface area contributed by atoms with Crippen LogP contribution in [0.15, 0.2) is 18.2 Å². The van der Waals surface area contributed by atoms with Crippen LogP contribution in [0.25, 0.3) is 0 Å². The first-order valence-corrected chi connectivity index (χ1v) is 5.86. The number of alkyl halides is 2. The molecule has 0 atom stereocenters. The number of aliphatic hydroxyl groups excluding tert-OH is 1. The first-order chi connectivity index (χ1) is 9.85. The second-order valence-electron chi connectivity index (χ2n) is 4.03. The number of rotatable bonds is 6. The lowest BCUT2D eigenvalue weighted by molar-refractivity contribution is 0.0696. The molecule has 0 aliphatic heterocycles. The van der Waals surface area contributed by atoms with E-state index in [1.807, 2.05) is 0 Å². The monoisotopic (exact) mass is 304 g/mol. The first-order valence-electron chi connectivity index (χ1n) is 5.86. The van der Waals surface area contributed by atoms with Crippen LogP contribution >= 0.6 is 0 Å². The lowest BCUT2D eigenvalue weighted by Gasteiger charge is -2.22. The minimum atomic E-state index is -2.77. The quantitative estimate of drug-likeness (QED) is 0.590. The number of carbonyl (C=O) groups excluding carboxylic acids is 1. The van der Waals surface area contributed by atoms with E-state index >= 15 is 0 Å². The molecule has 116 valence electrons. The molecule has 0 aliphatic carbocycles. The molecule has 9 heteroatoms. The van der Waals surface area contributed by atoms with E-state index in [1.54, 1.807) is 0 Å². The van der Waals surface area contributed by atoms with Gasteiger partial charge < -0.3 is 25.5 Å². The van der Waals surface area contributed by atoms with Crippen molar-refractivity contribution in [3.63, 3.8) is 0 Å². The minimum absolute atomic E-state index is 0.123. The number of hydrogen-bond donors (Lipinski definition) is 4. The Balaban J connectivity index is 2.83. The molecule has 0 unspecified atom stereocenters. The van der Waals surface area contributed by atoms with E-state index in [0.29, 0.717) is 4.90 Å². The van der Waals surface area contributed by atoms with Crippen molar-refractivity contribution in [2.75, 3.05) is 25.0 Å². The molecule has 0 aromatic heterocycles. The van der Waals surface area contributed by atoms with Crippen molar-refractivity contribution in [1.29, 1.82) is 0 Å². The Bertz CT molecular complexity index is 524. The number of halogens is 2. The summed E-state index contributed by atoms with van der Waals surface area (Å²) in [4.78, 5) is 23.1. The number of nitrogens with one attached hydrogen (secondary N) is 1. The van der Waals surface area contributed by atoms with Gasteiger partial charge in [-0.15, -0.1) is 0 Å². The van der Waals surface area contributed by atoms with Gasteiger partial charge >= 0.3 is 12.0 Å². The molecular formula is C12H14F2N2O5. The average Bonchev–Trinajstić information content (AvgIpc) is 2.39. The van der Waals surface area contributed by atoms with Crippen molar-refractivity contribution in [1.82, 2.24) is 4.90 Å². The normalized spacial score (nSPS) is 10.5. The number of urea groups is 1. The number of benzene rings is 1. The van der Waals surface area contributed by atoms with Gasteiger partial charge in [0.15, 0.2) is 0 Å². The van der Waals surface area contributed by atoms with Gasteiger partial charge in [-0.05, 0) is 18.2 Å². The number of aromatic carboxylic acids is 1. The van der Waals surface area contributed by atoms with Crippen molar-refractivity contribution in [3.8, 4) is 5.75 Å². The Morgan fingerprint density at radius 2 is 2.00 bits per heavy atom. The fourth-order valence-corrected chi connectivity index (χ4v) is 1.53. The van der Waals surface area contributed by atoms with Gasteiger partial charge in [0.1, 0.15) is 5.75 Å². The SMILES string of the molecule is O=C(O)c1ccc(NC(=O)N(CCO)CC(F)F)c(O)c1. The minimum Gasteiger partial charge on any atom is -0.506 e. The van der Waals surface area contributed by atoms with Crippen LogP contribution in [0, 0.1) is 0 Å². The van der Waals surface area contributed by atoms with E-state index in [0.717, 1.165) is 18.2 Å². The van der Waals surface area contributed by atoms with Crippen LogP contribution in [-0.2, 0) is 0 Å². The maximum Gasteiger partial charge on any atom is 0.335 e. The molecule has 1 aromatic carbocycles. The summed E-state index contributed by atoms with van der Waals surface area (Å²) >= 11 is 0. The third-order valence-corrected chi connectivity index (χ3v) is 2.50. The number of aliphatic hydroxyl groups is 1. The molecule has 0 spiro atoms. The third-order valence-electron chi connectivity index (χ3n) is 2.50. The second kappa shape index (κ2) is 7.39. The Labute approximate surface area is 118 Å². The topological polar surface area (TPSA) is 110 Å². The summed E-state index contributed by atoms with van der Waals surface area (Å²) in [5.41, 5.74) is -0.313. The summed E-state index contributed by atoms with van der Waals surface area (Å²) in [6.45, 7) is -1.67. The fraction of sp³-hybridized carbons (Fsp3) is 0.333. The molecule has 1 rings (SSSR count). The van der Waals surface area contributed by atoms with E-state index in [-0.39, 0.29) is 17.8 Å². The van der Waals surface area contributed by atoms with Crippen LogP contribution < -0.4 is 5.32 Å². The molecule has 0 bridgehead atoms. The average molecular weight is 304 g/mol. The molecule has 21 heavy (non-hydrogen) atoms. The molecule has 4 N–H and O–H groups in total. The number of hydrogen-bond acceptors (Lipinski definition) is 4. The Hall–Kier alpha value is -2.42. The number of carboxylic acid groups (broad SMARTS) is 1. The maximum absolute atomic E-state index is 12.3. The Morgan fingerprint density at radius 1 is 1.33 bits per heavy atom. The van der Waals surface area contributed by atoms with Gasteiger partial charge in [0.25, 0.3) is 6.43 Å². The second-order valence-corrected chi connectivity index (χ2v) is 4.03. The summed E-state index contributed by atoms with van der Waals surface area (Å²) in [5.74, 6) is -1.77. The van der Waals surface area contributed by atoms with Crippen molar-refractivity contribution in [2.45, 2.75) is 6.43 Å². The van der Waals surface area contributed by atoms with Gasteiger partial charge in [-0.25, -0.2) is 18.4 Å². The largest absolute Gasteiger partial charge is 0.506 e. The number of carboxylic acids is 1. The zero-order chi connectivity index (χ0) is 16.0. The zero-order valence-corrected chi connectivity index (χ0v) is 10.8. The standard InChI is InChI=1S/C12H14F2N2O5/c13-10(14)6-16(3-4-17)12(21)15-8-2-1-7(11(19)20)5-9(8)18/h1-2,5,10,17-18H,3-4,6H2,(H,15,21)(H,19,20). The molecule has 7 nitrogen and oxygen atoms in total. The molecule has 0 heterocycles. The first kappa shape index (κ1) is 16.6. The van der Waals surface area contributed by atoms with Gasteiger partial charge in [-0.1, -0.05) is 0 Å². The number of amides is 2. The van der Waals surface area contributed by atoms with Crippen molar-refractivity contribution in [3.05, 3.63) is 23.8 Å². The fourth-order valence-electron chi connectivity index (χ4n) is 1.53. The summed E-state index contributed by atoms with van der Waals surface area (Å²) in [7, 11) is 0. The van der Waals surface area contributed by atoms with Gasteiger partial charge in [0.2, 0.25) is 0 Å². The van der Waals surface area contributed by atoms with E-state index in [4.69, 9.17) is 10.2 Å². The van der Waals surface area contributed by atoms with Gasteiger partial charge in [0, 0.05) is 6.54 Å². The molecule has 0 saturated carbocycles. The van der Waals surface area contributed by atoms with Gasteiger partial charge in [-0.3, -0.25) is 0 Å². The third kappa shape index (κ3) is 4.88. The Morgan fingerprint density at radius 3 is 2.48 bits per heavy atom. The van der Waals surface area contributed by atoms with Crippen LogP contribution in [0.1, 0.15) is 10.4 Å². The van der Waals surface area contributed by atoms with Crippen molar-refractivity contribution < 1.29 is 33.7 Å². The van der Waals surface area contributed by atoms with Crippen LogP contribution in [0.5, 0.6) is 5.75 Å². The molecule has 0 fully saturated rings. The highest BCUT2D eigenvalue weighted by Crippen LogP contribution is 2.24. The predicted octanol–water partition coefficient (Wildman–Crippen LogP) is 1.18. The molecule has 0 radical (unpaired) electrons. The summed E-state index contributed by atoms with van der Waals surface area (Å²) in [6.07, 6.45) is -2.77. The van der Waals surface area contributed by atoms with Crippen LogP contribution in [0.2, 0.25) is 0 Å². The number of carbonyl (C=O) groups is 2. The smallest absolute Gasteiger partial charge is 0.335 e. The van der Waals surface area contributed by atoms with E-state index in [9.17, 15) is 23.5 Å². The van der Waals surface area contributed by atoms with Crippen molar-refractivity contribution >= 4 is 17.7 Å². The highest BCUT2D eigenvalue weighted by Gasteiger charge is 2.19. The number of phenols is 1. The lowest BCUT2D eigenvalue weighted by atomic mass is 10.2. The summed E-state index contributed by atoms with van der Waals surface area (Å²) in [5, 5.41) is 29.2. The molecule has 0 aliphatic rings. The molecule has 1 aromatic rings. The highest BCUT2D eigenvalue weighted by molar-refractivity contribution is 5.93. The molecule has 0 saturated heterocycles. The predicted molar refractivity (Wildman–Crippen MR) is 68.7 cm³/mol. The number of nitrogens with zero attached hydrogens (tertiary/aromatic N) is 1. The van der Waals surface area contributed by atoms with Crippen LogP contribution in [0.4, 0.5) is 19.3 Å². The number of aromatic hydroxyl groups is 1. The van der Waals surface area contributed by atoms with E-state index in [1.165, 1.54) is 0 Å². The van der Waals surface area contributed by atoms with E-state index in [2.05, 4.69) is 5.32 Å². The van der Waals surface area contributed by atoms with E-state index < -0.39 is 37.3 Å². The molecular weight excluding hydrogens is 290 g/mol. The van der Waals surface area contributed by atoms with Crippen LogP contribution in [-0.4, -0.2) is 58.3 Å². The molecule has 2 amide bonds. The summed E-state index contributed by atoms with van der Waals surface area (Å²) in [6, 6.07) is 2.25. The van der Waals surface area contributed by atoms with Crippen molar-refractivity contribution in [2.24, 2.45) is 0 Å². The highest BCUT2D eigenvalue weighted by atomic mass is 19.3. The number of phenolic OH excluding ortho intramolecular Hbond substituents is 1. The summed E-state index contributed by atoms with van der Waals surface area (Å²) < 4.78 is 24.6. The van der Waals surface area contributed by atoms with Crippen LogP contribution in [0.3, 0.4) is 0 Å². The van der Waals surface area contributed by atoms with Gasteiger partial charge in [0.05, 0.1) is 24.4 Å². The Kier molecular flexibility index (Phi) is 5.85. The zero-order valence-electron chi connectivity index (χ0n) is 10.8. The maximum atomic E-state index is 12.3. The number of anilines is 1.